The summed E-state index contributed by atoms with van der Waals surface area (Å²) in [6.45, 7) is 1.39. The molecule has 1 aliphatic heterocycles. The minimum atomic E-state index is -4.63. The first-order valence-corrected chi connectivity index (χ1v) is 11.9. The molecule has 3 aromatic heterocycles. The Balaban J connectivity index is 1.65. The fraction of sp³-hybridized carbons (Fsp3) is 0.522. The number of halogens is 6. The predicted molar refractivity (Wildman–Crippen MR) is 126 cm³/mol. The largest absolute Gasteiger partial charge is 0.410 e. The van der Waals surface area contributed by atoms with Crippen LogP contribution < -0.4 is 11.1 Å². The summed E-state index contributed by atoms with van der Waals surface area (Å²) in [5.74, 6) is -0.888. The summed E-state index contributed by atoms with van der Waals surface area (Å²) in [5.41, 5.74) is 3.83. The topological polar surface area (TPSA) is 133 Å². The first-order valence-electron chi connectivity index (χ1n) is 11.9. The predicted octanol–water partition coefficient (Wildman–Crippen LogP) is 3.06. The zero-order valence-corrected chi connectivity index (χ0v) is 21.5. The van der Waals surface area contributed by atoms with Gasteiger partial charge in [-0.3, -0.25) is 14.4 Å². The molecule has 11 nitrogen and oxygen atoms in total. The van der Waals surface area contributed by atoms with E-state index in [0.717, 1.165) is 23.4 Å². The summed E-state index contributed by atoms with van der Waals surface area (Å²) in [7, 11) is 1.24. The Labute approximate surface area is 223 Å². The van der Waals surface area contributed by atoms with Crippen molar-refractivity contribution in [2.75, 3.05) is 13.7 Å². The molecule has 1 aliphatic rings. The van der Waals surface area contributed by atoms with Crippen LogP contribution in [0.3, 0.4) is 0 Å². The number of ether oxygens (including phenoxy) is 1. The first-order chi connectivity index (χ1) is 18.5. The molecule has 0 unspecified atom stereocenters. The number of urea groups is 1. The number of primary amides is 1. The van der Waals surface area contributed by atoms with E-state index in [-0.39, 0.29) is 23.5 Å². The van der Waals surface area contributed by atoms with Crippen molar-refractivity contribution in [1.29, 1.82) is 0 Å². The Morgan fingerprint density at radius 2 is 1.93 bits per heavy atom. The van der Waals surface area contributed by atoms with Crippen LogP contribution in [0, 0.1) is 5.41 Å². The second kappa shape index (κ2) is 10.3. The van der Waals surface area contributed by atoms with Crippen LogP contribution in [0.5, 0.6) is 0 Å². The number of nitrogens with zero attached hydrogens (tertiary/aromatic N) is 6. The van der Waals surface area contributed by atoms with Crippen LogP contribution in [0.2, 0.25) is 0 Å². The van der Waals surface area contributed by atoms with Gasteiger partial charge in [-0.15, -0.1) is 0 Å². The van der Waals surface area contributed by atoms with E-state index in [9.17, 15) is 35.9 Å². The SMILES string of the molecule is CO[C@@H](Cc1cnn2cc([C@H](CC(C)(C)C(F)(F)F)n3nccc3C(N)=O)nc2c1)N1C[C@@H](C(F)(F)F)NC1=O. The van der Waals surface area contributed by atoms with Gasteiger partial charge < -0.3 is 15.8 Å². The number of carbonyl (C=O) groups is 2. The average molecular weight is 577 g/mol. The Morgan fingerprint density at radius 1 is 1.23 bits per heavy atom. The van der Waals surface area contributed by atoms with Crippen molar-refractivity contribution in [2.45, 2.75) is 57.4 Å². The third kappa shape index (κ3) is 5.68. The second-order valence-electron chi connectivity index (χ2n) is 10.0. The fourth-order valence-electron chi connectivity index (χ4n) is 4.39. The van der Waals surface area contributed by atoms with Crippen molar-refractivity contribution in [3.05, 3.63) is 47.7 Å². The van der Waals surface area contributed by atoms with Crippen LogP contribution in [0.15, 0.2) is 30.7 Å². The molecule has 0 bridgehead atoms. The number of rotatable bonds is 9. The molecule has 40 heavy (non-hydrogen) atoms. The Kier molecular flexibility index (Phi) is 7.46. The number of amides is 3. The number of aromatic nitrogens is 5. The second-order valence-corrected chi connectivity index (χ2v) is 10.0. The van der Waals surface area contributed by atoms with Crippen LogP contribution in [0.25, 0.3) is 5.65 Å². The molecule has 1 saturated heterocycles. The highest BCUT2D eigenvalue weighted by atomic mass is 19.4. The standard InChI is InChI=1S/C23H26F6N8O3/c1-21(2,23(27,28)29)8-15(37-14(19(30)38)4-5-31-37)13-10-36-17(33-13)6-12(9-32-36)7-18(40-3)35-11-16(22(24,25)26)34-20(35)39/h4-6,9-10,15-16,18H,7-8,11H2,1-3H3,(H2,30,38)(H,34,39)/t15-,16-,18-/m0/s1. The Bertz CT molecular complexity index is 1400. The van der Waals surface area contributed by atoms with E-state index in [2.05, 4.69) is 15.2 Å². The molecule has 218 valence electrons. The fourth-order valence-corrected chi connectivity index (χ4v) is 4.39. The minimum absolute atomic E-state index is 0.0459. The number of carbonyl (C=O) groups excluding carboxylic acids is 2. The van der Waals surface area contributed by atoms with Crippen molar-refractivity contribution in [3.63, 3.8) is 0 Å². The monoisotopic (exact) mass is 576 g/mol. The molecule has 4 heterocycles. The molecule has 3 amide bonds. The van der Waals surface area contributed by atoms with Crippen LogP contribution in [-0.2, 0) is 11.2 Å². The van der Waals surface area contributed by atoms with Crippen LogP contribution >= 0.6 is 0 Å². The van der Waals surface area contributed by atoms with E-state index in [1.54, 1.807) is 0 Å². The van der Waals surface area contributed by atoms with Gasteiger partial charge in [-0.05, 0) is 24.1 Å². The highest BCUT2D eigenvalue weighted by Crippen LogP contribution is 2.44. The number of imidazole rings is 1. The van der Waals surface area contributed by atoms with Crippen molar-refractivity contribution in [2.24, 2.45) is 11.1 Å². The molecule has 0 spiro atoms. The molecule has 0 radical (unpaired) electrons. The van der Waals surface area contributed by atoms with E-state index < -0.39 is 61.0 Å². The molecule has 3 atom stereocenters. The number of nitrogens with one attached hydrogen (secondary N) is 1. The number of methoxy groups -OCH3 is 1. The molecule has 4 rings (SSSR count). The van der Waals surface area contributed by atoms with Crippen LogP contribution in [-0.4, -0.2) is 79.5 Å². The lowest BCUT2D eigenvalue weighted by Crippen LogP contribution is -2.41. The van der Waals surface area contributed by atoms with Gasteiger partial charge in [0.25, 0.3) is 5.91 Å². The normalized spacial score (nSPS) is 18.3. The Morgan fingerprint density at radius 3 is 2.50 bits per heavy atom. The summed E-state index contributed by atoms with van der Waals surface area (Å²) in [5, 5.41) is 10.1. The van der Waals surface area contributed by atoms with E-state index in [1.807, 2.05) is 5.32 Å². The molecule has 0 aromatic carbocycles. The molecular weight excluding hydrogens is 550 g/mol. The van der Waals surface area contributed by atoms with Gasteiger partial charge >= 0.3 is 18.4 Å². The van der Waals surface area contributed by atoms with Gasteiger partial charge in [0.05, 0.1) is 36.1 Å². The molecule has 0 aliphatic carbocycles. The van der Waals surface area contributed by atoms with E-state index in [4.69, 9.17) is 10.5 Å². The maximum absolute atomic E-state index is 13.8. The quantitative estimate of drug-likeness (QED) is 0.377. The van der Waals surface area contributed by atoms with E-state index >= 15 is 0 Å². The third-order valence-corrected chi connectivity index (χ3v) is 6.79. The summed E-state index contributed by atoms with van der Waals surface area (Å²) in [6.07, 6.45) is -6.86. The summed E-state index contributed by atoms with van der Waals surface area (Å²) in [6, 6.07) is -1.34. The average Bonchev–Trinajstić information content (AvgIpc) is 3.57. The number of fused-ring (bicyclic) bond motifs is 1. The van der Waals surface area contributed by atoms with Gasteiger partial charge in [-0.25, -0.2) is 14.3 Å². The van der Waals surface area contributed by atoms with Crippen molar-refractivity contribution < 1.29 is 40.7 Å². The highest BCUT2D eigenvalue weighted by Gasteiger charge is 2.50. The zero-order valence-electron chi connectivity index (χ0n) is 21.5. The van der Waals surface area contributed by atoms with Crippen LogP contribution in [0.4, 0.5) is 31.1 Å². The molecular formula is C23H26F6N8O3. The minimum Gasteiger partial charge on any atom is -0.364 e. The van der Waals surface area contributed by atoms with Crippen LogP contribution in [0.1, 0.15) is 48.1 Å². The lowest BCUT2D eigenvalue weighted by atomic mass is 9.84. The molecule has 3 N–H and O–H groups in total. The van der Waals surface area contributed by atoms with Crippen molar-refractivity contribution in [1.82, 2.24) is 34.6 Å². The number of hydrogen-bond donors (Lipinski definition) is 2. The zero-order chi connectivity index (χ0) is 29.6. The van der Waals surface area contributed by atoms with Gasteiger partial charge in [0.1, 0.15) is 18.0 Å². The van der Waals surface area contributed by atoms with E-state index in [1.165, 1.54) is 42.3 Å². The summed E-state index contributed by atoms with van der Waals surface area (Å²) >= 11 is 0. The molecule has 0 saturated carbocycles. The number of nitrogens with two attached hydrogens (primary N) is 1. The van der Waals surface area contributed by atoms with Gasteiger partial charge in [0.15, 0.2) is 5.65 Å². The van der Waals surface area contributed by atoms with Gasteiger partial charge in [-0.1, -0.05) is 13.8 Å². The van der Waals surface area contributed by atoms with Crippen molar-refractivity contribution >= 4 is 17.6 Å². The first kappa shape index (κ1) is 29.1. The number of hydrogen-bond acceptors (Lipinski definition) is 6. The molecule has 3 aromatic rings. The lowest BCUT2D eigenvalue weighted by molar-refractivity contribution is -0.215. The molecule has 17 heteroatoms. The van der Waals surface area contributed by atoms with Gasteiger partial charge in [-0.2, -0.15) is 36.5 Å². The Hall–Kier alpha value is -3.89. The summed E-state index contributed by atoms with van der Waals surface area (Å²) in [4.78, 5) is 29.4. The lowest BCUT2D eigenvalue weighted by Gasteiger charge is -2.31. The van der Waals surface area contributed by atoms with E-state index in [0.29, 0.717) is 5.56 Å². The van der Waals surface area contributed by atoms with Gasteiger partial charge in [0.2, 0.25) is 0 Å². The maximum atomic E-state index is 13.8. The number of alkyl halides is 6. The maximum Gasteiger partial charge on any atom is 0.410 e. The third-order valence-electron chi connectivity index (χ3n) is 6.79. The van der Waals surface area contributed by atoms with Crippen molar-refractivity contribution in [3.8, 4) is 0 Å². The smallest absolute Gasteiger partial charge is 0.364 e. The molecule has 1 fully saturated rings. The summed E-state index contributed by atoms with van der Waals surface area (Å²) < 4.78 is 88.3. The van der Waals surface area contributed by atoms with Gasteiger partial charge in [0, 0.05) is 19.7 Å². The highest BCUT2D eigenvalue weighted by molar-refractivity contribution is 5.91.